The highest BCUT2D eigenvalue weighted by molar-refractivity contribution is 6.31. The van der Waals surface area contributed by atoms with Crippen LogP contribution in [-0.4, -0.2) is 42.9 Å². The Bertz CT molecular complexity index is 534. The Kier molecular flexibility index (Phi) is 5.44. The van der Waals surface area contributed by atoms with E-state index >= 15 is 0 Å². The van der Waals surface area contributed by atoms with Gasteiger partial charge in [-0.1, -0.05) is 18.5 Å². The molecule has 0 bridgehead atoms. The summed E-state index contributed by atoms with van der Waals surface area (Å²) in [6.45, 7) is 4.11. The van der Waals surface area contributed by atoms with Crippen molar-refractivity contribution in [3.8, 4) is 0 Å². The van der Waals surface area contributed by atoms with Crippen LogP contribution in [0.1, 0.15) is 30.1 Å². The summed E-state index contributed by atoms with van der Waals surface area (Å²) in [7, 11) is 0. The van der Waals surface area contributed by atoms with Gasteiger partial charge in [-0.2, -0.15) is 0 Å². The van der Waals surface area contributed by atoms with E-state index in [0.717, 1.165) is 25.1 Å². The molecule has 114 valence electrons. The second-order valence-corrected chi connectivity index (χ2v) is 5.48. The summed E-state index contributed by atoms with van der Waals surface area (Å²) in [6.07, 6.45) is 1.72. The van der Waals surface area contributed by atoms with Crippen molar-refractivity contribution in [3.05, 3.63) is 28.8 Å². The number of benzene rings is 1. The number of nitrogens with one attached hydrogen (secondary N) is 2. The van der Waals surface area contributed by atoms with E-state index in [1.54, 1.807) is 17.0 Å². The lowest BCUT2D eigenvalue weighted by molar-refractivity contribution is -0.121. The molecule has 0 aromatic heterocycles. The molecule has 0 radical (unpaired) electrons. The quantitative estimate of drug-likeness (QED) is 0.895. The molecule has 1 saturated heterocycles. The molecule has 1 aliphatic heterocycles. The van der Waals surface area contributed by atoms with E-state index in [4.69, 9.17) is 11.6 Å². The topological polar surface area (TPSA) is 61.4 Å². The largest absolute Gasteiger partial charge is 0.384 e. The Morgan fingerprint density at radius 3 is 3.05 bits per heavy atom. The van der Waals surface area contributed by atoms with Gasteiger partial charge in [0.15, 0.2) is 0 Å². The van der Waals surface area contributed by atoms with E-state index < -0.39 is 0 Å². The lowest BCUT2D eigenvalue weighted by Crippen LogP contribution is -2.37. The van der Waals surface area contributed by atoms with Crippen molar-refractivity contribution in [3.63, 3.8) is 0 Å². The predicted octanol–water partition coefficient (Wildman–Crippen LogP) is 2.12. The van der Waals surface area contributed by atoms with E-state index in [1.807, 2.05) is 6.07 Å². The lowest BCUT2D eigenvalue weighted by atomic mass is 10.1. The van der Waals surface area contributed by atoms with E-state index in [0.29, 0.717) is 23.7 Å². The maximum Gasteiger partial charge on any atom is 0.256 e. The van der Waals surface area contributed by atoms with Crippen LogP contribution in [0.15, 0.2) is 18.2 Å². The van der Waals surface area contributed by atoms with Gasteiger partial charge >= 0.3 is 0 Å². The van der Waals surface area contributed by atoms with Gasteiger partial charge in [0.25, 0.3) is 5.91 Å². The van der Waals surface area contributed by atoms with Gasteiger partial charge in [0, 0.05) is 30.3 Å². The van der Waals surface area contributed by atoms with Gasteiger partial charge in [-0.15, -0.1) is 0 Å². The van der Waals surface area contributed by atoms with Crippen molar-refractivity contribution in [1.29, 1.82) is 0 Å². The van der Waals surface area contributed by atoms with Crippen molar-refractivity contribution in [2.75, 3.05) is 31.5 Å². The van der Waals surface area contributed by atoms with Gasteiger partial charge in [0.05, 0.1) is 12.1 Å². The zero-order valence-corrected chi connectivity index (χ0v) is 12.9. The molecule has 2 amide bonds. The van der Waals surface area contributed by atoms with Crippen molar-refractivity contribution < 1.29 is 9.59 Å². The number of hydrogen-bond donors (Lipinski definition) is 2. The fourth-order valence-electron chi connectivity index (χ4n) is 2.26. The highest BCUT2D eigenvalue weighted by atomic mass is 35.5. The third-order valence-corrected chi connectivity index (χ3v) is 3.56. The number of carbonyl (C=O) groups is 2. The average molecular weight is 310 g/mol. The molecule has 0 aliphatic carbocycles. The number of rotatable bonds is 4. The van der Waals surface area contributed by atoms with Gasteiger partial charge in [-0.25, -0.2) is 0 Å². The third-order valence-electron chi connectivity index (χ3n) is 3.33. The van der Waals surface area contributed by atoms with Crippen LogP contribution < -0.4 is 10.6 Å². The molecule has 21 heavy (non-hydrogen) atoms. The van der Waals surface area contributed by atoms with Gasteiger partial charge in [-0.3, -0.25) is 9.59 Å². The summed E-state index contributed by atoms with van der Waals surface area (Å²) in [4.78, 5) is 25.9. The average Bonchev–Trinajstić information content (AvgIpc) is 2.70. The number of nitrogens with zero attached hydrogens (tertiary/aromatic N) is 1. The first-order valence-electron chi connectivity index (χ1n) is 7.21. The SMILES string of the molecule is CCCNc1ccc(Cl)cc1C(=O)N1CCCNC(=O)C1. The summed E-state index contributed by atoms with van der Waals surface area (Å²) in [5.41, 5.74) is 1.28. The van der Waals surface area contributed by atoms with Crippen LogP contribution in [0.25, 0.3) is 0 Å². The molecule has 0 atom stereocenters. The van der Waals surface area contributed by atoms with Gasteiger partial charge in [-0.05, 0) is 31.0 Å². The minimum Gasteiger partial charge on any atom is -0.384 e. The lowest BCUT2D eigenvalue weighted by Gasteiger charge is -2.21. The molecule has 5 nitrogen and oxygen atoms in total. The number of carbonyl (C=O) groups excluding carboxylic acids is 2. The van der Waals surface area contributed by atoms with Crippen molar-refractivity contribution in [1.82, 2.24) is 10.2 Å². The first-order valence-corrected chi connectivity index (χ1v) is 7.59. The van der Waals surface area contributed by atoms with Gasteiger partial charge in [0.2, 0.25) is 5.91 Å². The number of anilines is 1. The summed E-state index contributed by atoms with van der Waals surface area (Å²) >= 11 is 6.02. The van der Waals surface area contributed by atoms with Crippen LogP contribution in [0.3, 0.4) is 0 Å². The summed E-state index contributed by atoms with van der Waals surface area (Å²) in [5, 5.41) is 6.51. The number of hydrogen-bond acceptors (Lipinski definition) is 3. The molecule has 1 aromatic carbocycles. The van der Waals surface area contributed by atoms with Crippen LogP contribution in [0, 0.1) is 0 Å². The predicted molar refractivity (Wildman–Crippen MR) is 83.8 cm³/mol. The molecule has 1 aliphatic rings. The molecular weight excluding hydrogens is 290 g/mol. The van der Waals surface area contributed by atoms with Crippen LogP contribution >= 0.6 is 11.6 Å². The molecular formula is C15H20ClN3O2. The van der Waals surface area contributed by atoms with Crippen LogP contribution in [0.5, 0.6) is 0 Å². The highest BCUT2D eigenvalue weighted by Crippen LogP contribution is 2.22. The molecule has 1 aromatic rings. The minimum absolute atomic E-state index is 0.0958. The van der Waals surface area contributed by atoms with Crippen LogP contribution in [0.2, 0.25) is 5.02 Å². The standard InChI is InChI=1S/C15H20ClN3O2/c1-2-6-17-13-5-4-11(16)9-12(13)15(21)19-8-3-7-18-14(20)10-19/h4-5,9,17H,2-3,6-8,10H2,1H3,(H,18,20). The van der Waals surface area contributed by atoms with Crippen molar-refractivity contribution in [2.45, 2.75) is 19.8 Å². The molecule has 6 heteroatoms. The van der Waals surface area contributed by atoms with Crippen molar-refractivity contribution in [2.24, 2.45) is 0 Å². The fourth-order valence-corrected chi connectivity index (χ4v) is 2.43. The fraction of sp³-hybridized carbons (Fsp3) is 0.467. The van der Waals surface area contributed by atoms with Gasteiger partial charge in [0.1, 0.15) is 0 Å². The summed E-state index contributed by atoms with van der Waals surface area (Å²) < 4.78 is 0. The summed E-state index contributed by atoms with van der Waals surface area (Å²) in [6, 6.07) is 5.22. The molecule has 0 unspecified atom stereocenters. The Balaban J connectivity index is 2.23. The Hall–Kier alpha value is -1.75. The zero-order chi connectivity index (χ0) is 15.2. The van der Waals surface area contributed by atoms with E-state index in [2.05, 4.69) is 17.6 Å². The highest BCUT2D eigenvalue weighted by Gasteiger charge is 2.23. The Morgan fingerprint density at radius 2 is 2.29 bits per heavy atom. The van der Waals surface area contributed by atoms with Crippen molar-refractivity contribution >= 4 is 29.1 Å². The molecule has 1 heterocycles. The smallest absolute Gasteiger partial charge is 0.256 e. The molecule has 1 fully saturated rings. The molecule has 0 saturated carbocycles. The van der Waals surface area contributed by atoms with E-state index in [9.17, 15) is 9.59 Å². The van der Waals surface area contributed by atoms with E-state index in [-0.39, 0.29) is 18.4 Å². The Morgan fingerprint density at radius 1 is 1.48 bits per heavy atom. The minimum atomic E-state index is -0.159. The zero-order valence-electron chi connectivity index (χ0n) is 12.1. The molecule has 2 rings (SSSR count). The number of halogens is 1. The van der Waals surface area contributed by atoms with Crippen LogP contribution in [-0.2, 0) is 4.79 Å². The van der Waals surface area contributed by atoms with Gasteiger partial charge < -0.3 is 15.5 Å². The number of amides is 2. The van der Waals surface area contributed by atoms with E-state index in [1.165, 1.54) is 0 Å². The molecule has 0 spiro atoms. The first kappa shape index (κ1) is 15.6. The monoisotopic (exact) mass is 309 g/mol. The van der Waals surface area contributed by atoms with Crippen LogP contribution in [0.4, 0.5) is 5.69 Å². The first-order chi connectivity index (χ1) is 10.1. The second kappa shape index (κ2) is 7.31. The third kappa shape index (κ3) is 4.11. The summed E-state index contributed by atoms with van der Waals surface area (Å²) in [5.74, 6) is -0.279. The second-order valence-electron chi connectivity index (χ2n) is 5.05. The Labute approximate surface area is 129 Å². The maximum atomic E-state index is 12.7. The maximum absolute atomic E-state index is 12.7. The normalized spacial score (nSPS) is 15.3. The molecule has 2 N–H and O–H groups in total.